The molecule has 1 aliphatic rings. The van der Waals surface area contributed by atoms with Gasteiger partial charge in [0.2, 0.25) is 5.95 Å². The second kappa shape index (κ2) is 8.43. The number of nitrogens with one attached hydrogen (secondary N) is 2. The lowest BCUT2D eigenvalue weighted by Gasteiger charge is -2.19. The molecule has 1 aromatic carbocycles. The predicted octanol–water partition coefficient (Wildman–Crippen LogP) is 2.52. The van der Waals surface area contributed by atoms with Gasteiger partial charge in [0.05, 0.1) is 15.5 Å². The summed E-state index contributed by atoms with van der Waals surface area (Å²) >= 11 is 5.99. The van der Waals surface area contributed by atoms with Crippen molar-refractivity contribution in [1.82, 2.24) is 20.1 Å². The molecule has 0 aliphatic carbocycles. The number of hydrogen-bond acceptors (Lipinski definition) is 6. The molecule has 0 unspecified atom stereocenters. The zero-order valence-electron chi connectivity index (χ0n) is 13.9. The molecule has 140 valence electrons. The maximum atomic E-state index is 12.4. The minimum Gasteiger partial charge on any atom is -0.317 e. The Kier molecular flexibility index (Phi) is 6.52. The minimum absolute atomic E-state index is 0. The fourth-order valence-electron chi connectivity index (χ4n) is 2.74. The van der Waals surface area contributed by atoms with Gasteiger partial charge in [0.1, 0.15) is 0 Å². The van der Waals surface area contributed by atoms with E-state index in [2.05, 4.69) is 20.7 Å². The maximum Gasteiger partial charge on any atom is 0.270 e. The Balaban J connectivity index is 0.00000243. The smallest absolute Gasteiger partial charge is 0.270 e. The summed E-state index contributed by atoms with van der Waals surface area (Å²) in [6.07, 6.45) is 1.90. The van der Waals surface area contributed by atoms with Crippen molar-refractivity contribution in [3.05, 3.63) is 44.7 Å². The Hall–Kier alpha value is -2.23. The second-order valence-electron chi connectivity index (χ2n) is 5.82. The van der Waals surface area contributed by atoms with Crippen molar-refractivity contribution in [3.8, 4) is 0 Å². The molecule has 1 aromatic heterocycles. The van der Waals surface area contributed by atoms with Crippen molar-refractivity contribution in [2.75, 3.05) is 18.4 Å². The van der Waals surface area contributed by atoms with E-state index in [0.717, 1.165) is 32.0 Å². The molecular formula is C15H18Cl2N6O3. The summed E-state index contributed by atoms with van der Waals surface area (Å²) in [7, 11) is 1.70. The van der Waals surface area contributed by atoms with E-state index in [9.17, 15) is 14.9 Å². The van der Waals surface area contributed by atoms with Crippen molar-refractivity contribution in [1.29, 1.82) is 0 Å². The molecule has 2 N–H and O–H groups in total. The molecule has 11 heteroatoms. The highest BCUT2D eigenvalue weighted by atomic mass is 35.5. The summed E-state index contributed by atoms with van der Waals surface area (Å²) in [6.45, 7) is 1.84. The van der Waals surface area contributed by atoms with Gasteiger partial charge in [-0.1, -0.05) is 11.6 Å². The predicted molar refractivity (Wildman–Crippen MR) is 99.2 cm³/mol. The van der Waals surface area contributed by atoms with Crippen LogP contribution in [0.25, 0.3) is 0 Å². The number of carbonyl (C=O) groups excluding carboxylic acids is 1. The average Bonchev–Trinajstić information content (AvgIpc) is 2.96. The van der Waals surface area contributed by atoms with Gasteiger partial charge in [0.25, 0.3) is 11.6 Å². The van der Waals surface area contributed by atoms with E-state index in [1.807, 2.05) is 0 Å². The maximum absolute atomic E-state index is 12.4. The zero-order chi connectivity index (χ0) is 18.0. The van der Waals surface area contributed by atoms with Crippen LogP contribution in [0.1, 0.15) is 34.9 Å². The number of nitro benzene ring substituents is 1. The number of rotatable bonds is 4. The van der Waals surface area contributed by atoms with Crippen LogP contribution in [-0.4, -0.2) is 38.7 Å². The zero-order valence-corrected chi connectivity index (χ0v) is 15.5. The highest BCUT2D eigenvalue weighted by molar-refractivity contribution is 6.34. The first-order valence-corrected chi connectivity index (χ1v) is 8.20. The van der Waals surface area contributed by atoms with E-state index in [4.69, 9.17) is 11.6 Å². The monoisotopic (exact) mass is 400 g/mol. The lowest BCUT2D eigenvalue weighted by molar-refractivity contribution is -0.384. The molecule has 1 fully saturated rings. The fraction of sp³-hybridized carbons (Fsp3) is 0.400. The van der Waals surface area contributed by atoms with Crippen LogP contribution in [0.4, 0.5) is 11.6 Å². The summed E-state index contributed by atoms with van der Waals surface area (Å²) in [5, 5.41) is 21.1. The summed E-state index contributed by atoms with van der Waals surface area (Å²) in [5.74, 6) is 0.787. The third kappa shape index (κ3) is 4.29. The number of halogens is 2. The molecule has 0 bridgehead atoms. The van der Waals surface area contributed by atoms with Gasteiger partial charge in [0, 0.05) is 25.1 Å². The number of hydrogen-bond donors (Lipinski definition) is 2. The van der Waals surface area contributed by atoms with Gasteiger partial charge < -0.3 is 5.32 Å². The topological polar surface area (TPSA) is 115 Å². The first-order valence-electron chi connectivity index (χ1n) is 7.82. The quantitative estimate of drug-likeness (QED) is 0.601. The minimum atomic E-state index is -0.568. The van der Waals surface area contributed by atoms with E-state index < -0.39 is 10.8 Å². The third-order valence-electron chi connectivity index (χ3n) is 4.12. The summed E-state index contributed by atoms with van der Waals surface area (Å²) < 4.78 is 1.51. The standard InChI is InChI=1S/C15H17ClN6O3.ClH/c1-21-15(18-13(20-21)9-4-6-17-7-5-9)19-14(23)11-3-2-10(22(24)25)8-12(11)16;/h2-3,8-9,17H,4-7H2,1H3,(H,18,19,20,23);1H. The molecular weight excluding hydrogens is 383 g/mol. The molecule has 1 saturated heterocycles. The van der Waals surface area contributed by atoms with Gasteiger partial charge in [-0.15, -0.1) is 12.4 Å². The number of nitro groups is 1. The Morgan fingerprint density at radius 2 is 2.12 bits per heavy atom. The number of aromatic nitrogens is 3. The number of non-ortho nitro benzene ring substituents is 1. The van der Waals surface area contributed by atoms with Crippen LogP contribution in [0.2, 0.25) is 5.02 Å². The fourth-order valence-corrected chi connectivity index (χ4v) is 3.00. The van der Waals surface area contributed by atoms with Crippen molar-refractivity contribution in [2.45, 2.75) is 18.8 Å². The number of carbonyl (C=O) groups is 1. The number of piperidine rings is 1. The summed E-state index contributed by atoms with van der Waals surface area (Å²) in [5.41, 5.74) is -0.0351. The molecule has 0 saturated carbocycles. The van der Waals surface area contributed by atoms with Gasteiger partial charge >= 0.3 is 0 Å². The van der Waals surface area contributed by atoms with Gasteiger partial charge in [-0.2, -0.15) is 10.1 Å². The first-order chi connectivity index (χ1) is 12.0. The molecule has 2 aromatic rings. The number of benzene rings is 1. The molecule has 0 atom stereocenters. The van der Waals surface area contributed by atoms with Crippen LogP contribution < -0.4 is 10.6 Å². The second-order valence-corrected chi connectivity index (χ2v) is 6.22. The van der Waals surface area contributed by atoms with Crippen LogP contribution in [-0.2, 0) is 7.05 Å². The van der Waals surface area contributed by atoms with Crippen molar-refractivity contribution < 1.29 is 9.72 Å². The van der Waals surface area contributed by atoms with E-state index in [0.29, 0.717) is 11.8 Å². The average molecular weight is 401 g/mol. The number of anilines is 1. The first kappa shape index (κ1) is 20.1. The molecule has 3 rings (SSSR count). The Morgan fingerprint density at radius 1 is 1.42 bits per heavy atom. The molecule has 26 heavy (non-hydrogen) atoms. The van der Waals surface area contributed by atoms with Crippen LogP contribution in [0, 0.1) is 10.1 Å². The van der Waals surface area contributed by atoms with Crippen molar-refractivity contribution >= 4 is 41.6 Å². The van der Waals surface area contributed by atoms with Crippen molar-refractivity contribution in [3.63, 3.8) is 0 Å². The number of amides is 1. The largest absolute Gasteiger partial charge is 0.317 e. The van der Waals surface area contributed by atoms with Gasteiger partial charge in [0.15, 0.2) is 5.82 Å². The van der Waals surface area contributed by atoms with Crippen LogP contribution in [0.3, 0.4) is 0 Å². The van der Waals surface area contributed by atoms with E-state index in [1.165, 1.54) is 16.8 Å². The molecule has 9 nitrogen and oxygen atoms in total. The number of aryl methyl sites for hydroxylation is 1. The van der Waals surface area contributed by atoms with E-state index in [-0.39, 0.29) is 34.6 Å². The van der Waals surface area contributed by atoms with Gasteiger partial charge in [-0.05, 0) is 32.0 Å². The summed E-state index contributed by atoms with van der Waals surface area (Å²) in [4.78, 5) is 27.0. The van der Waals surface area contributed by atoms with Crippen LogP contribution in [0.5, 0.6) is 0 Å². The summed E-state index contributed by atoms with van der Waals surface area (Å²) in [6, 6.07) is 3.70. The molecule has 1 amide bonds. The lowest BCUT2D eigenvalue weighted by Crippen LogP contribution is -2.27. The Bertz CT molecular complexity index is 820. The normalized spacial score (nSPS) is 14.5. The molecule has 1 aliphatic heterocycles. The highest BCUT2D eigenvalue weighted by Crippen LogP contribution is 2.25. The van der Waals surface area contributed by atoms with Crippen LogP contribution in [0.15, 0.2) is 18.2 Å². The SMILES string of the molecule is Cl.Cn1nc(C2CCNCC2)nc1NC(=O)c1ccc([N+](=O)[O-])cc1Cl. The molecule has 0 radical (unpaired) electrons. The van der Waals surface area contributed by atoms with Crippen LogP contribution >= 0.6 is 24.0 Å². The van der Waals surface area contributed by atoms with Gasteiger partial charge in [-0.25, -0.2) is 4.68 Å². The third-order valence-corrected chi connectivity index (χ3v) is 4.43. The number of nitrogens with zero attached hydrogens (tertiary/aromatic N) is 4. The highest BCUT2D eigenvalue weighted by Gasteiger charge is 2.22. The Labute approximate surface area is 160 Å². The Morgan fingerprint density at radius 3 is 2.73 bits per heavy atom. The van der Waals surface area contributed by atoms with E-state index in [1.54, 1.807) is 7.05 Å². The van der Waals surface area contributed by atoms with E-state index >= 15 is 0 Å². The van der Waals surface area contributed by atoms with Gasteiger partial charge in [-0.3, -0.25) is 20.2 Å². The molecule has 0 spiro atoms. The lowest BCUT2D eigenvalue weighted by atomic mass is 9.98. The molecule has 2 heterocycles. The van der Waals surface area contributed by atoms with Crippen molar-refractivity contribution in [2.24, 2.45) is 7.05 Å².